The first-order valence-electron chi connectivity index (χ1n) is 7.37. The van der Waals surface area contributed by atoms with Gasteiger partial charge in [-0.25, -0.2) is 4.79 Å². The molecule has 0 unspecified atom stereocenters. The quantitative estimate of drug-likeness (QED) is 0.693. The van der Waals surface area contributed by atoms with Crippen LogP contribution in [0.15, 0.2) is 41.8 Å². The fourth-order valence-corrected chi connectivity index (χ4v) is 3.41. The number of halogens is 1. The second-order valence-corrected chi connectivity index (χ2v) is 6.40. The van der Waals surface area contributed by atoms with Gasteiger partial charge in [-0.2, -0.15) is 0 Å². The van der Waals surface area contributed by atoms with Crippen molar-refractivity contribution < 1.29 is 14.3 Å². The molecule has 7 heteroatoms. The highest BCUT2D eigenvalue weighted by molar-refractivity contribution is 7.16. The number of nitrogens with zero attached hydrogens (tertiary/aromatic N) is 1. The third kappa shape index (κ3) is 3.44. The lowest BCUT2D eigenvalue weighted by Gasteiger charge is -2.10. The van der Waals surface area contributed by atoms with E-state index in [0.717, 1.165) is 10.2 Å². The number of anilines is 1. The highest BCUT2D eigenvalue weighted by Gasteiger charge is 2.19. The van der Waals surface area contributed by atoms with E-state index in [2.05, 4.69) is 5.32 Å². The van der Waals surface area contributed by atoms with E-state index in [1.807, 2.05) is 11.4 Å². The van der Waals surface area contributed by atoms with Gasteiger partial charge < -0.3 is 14.6 Å². The average molecular weight is 363 g/mol. The van der Waals surface area contributed by atoms with Crippen molar-refractivity contribution in [1.29, 1.82) is 0 Å². The summed E-state index contributed by atoms with van der Waals surface area (Å²) in [5.41, 5.74) is 1.03. The molecule has 3 aromatic rings. The van der Waals surface area contributed by atoms with Crippen molar-refractivity contribution in [3.8, 4) is 0 Å². The molecule has 0 spiro atoms. The van der Waals surface area contributed by atoms with Gasteiger partial charge in [0.2, 0.25) is 5.91 Å². The Morgan fingerprint density at radius 1 is 1.25 bits per heavy atom. The zero-order valence-electron chi connectivity index (χ0n) is 12.9. The minimum absolute atomic E-state index is 0.0286. The molecular formula is C17H15ClN2O3S. The Labute approximate surface area is 147 Å². The summed E-state index contributed by atoms with van der Waals surface area (Å²) in [6.45, 7) is 2.07. The van der Waals surface area contributed by atoms with Crippen LogP contribution >= 0.6 is 22.9 Å². The molecule has 0 atom stereocenters. The first-order chi connectivity index (χ1) is 11.6. The number of rotatable bonds is 5. The largest absolute Gasteiger partial charge is 0.461 e. The van der Waals surface area contributed by atoms with E-state index in [9.17, 15) is 9.59 Å². The molecule has 24 heavy (non-hydrogen) atoms. The van der Waals surface area contributed by atoms with Crippen LogP contribution in [-0.2, 0) is 16.1 Å². The lowest BCUT2D eigenvalue weighted by molar-refractivity contribution is -0.116. The first kappa shape index (κ1) is 16.5. The van der Waals surface area contributed by atoms with E-state index >= 15 is 0 Å². The second-order valence-electron chi connectivity index (χ2n) is 5.07. The summed E-state index contributed by atoms with van der Waals surface area (Å²) >= 11 is 7.31. The maximum atomic E-state index is 12.4. The van der Waals surface area contributed by atoms with Crippen LogP contribution in [0.3, 0.4) is 0 Å². The Morgan fingerprint density at radius 2 is 2.00 bits per heavy atom. The van der Waals surface area contributed by atoms with Gasteiger partial charge in [0.25, 0.3) is 0 Å². The fourth-order valence-electron chi connectivity index (χ4n) is 2.38. The van der Waals surface area contributed by atoms with Crippen LogP contribution in [0.25, 0.3) is 10.2 Å². The van der Waals surface area contributed by atoms with E-state index in [0.29, 0.717) is 16.4 Å². The molecule has 5 nitrogen and oxygen atoms in total. The number of esters is 1. The highest BCUT2D eigenvalue weighted by atomic mass is 35.5. The summed E-state index contributed by atoms with van der Waals surface area (Å²) in [5, 5.41) is 6.24. The van der Waals surface area contributed by atoms with E-state index in [-0.39, 0.29) is 19.1 Å². The molecule has 0 bridgehead atoms. The molecule has 0 saturated carbocycles. The van der Waals surface area contributed by atoms with Crippen molar-refractivity contribution in [2.45, 2.75) is 13.5 Å². The number of aromatic nitrogens is 1. The zero-order valence-corrected chi connectivity index (χ0v) is 14.5. The fraction of sp³-hybridized carbons (Fsp3) is 0.176. The van der Waals surface area contributed by atoms with Gasteiger partial charge in [0.15, 0.2) is 0 Å². The number of ether oxygens (including phenoxy) is 1. The van der Waals surface area contributed by atoms with Crippen molar-refractivity contribution in [2.75, 3.05) is 11.9 Å². The molecule has 2 aromatic heterocycles. The van der Waals surface area contributed by atoms with Crippen LogP contribution in [0.2, 0.25) is 5.02 Å². The van der Waals surface area contributed by atoms with Crippen LogP contribution in [0, 0.1) is 0 Å². The van der Waals surface area contributed by atoms with Crippen LogP contribution in [0.1, 0.15) is 17.4 Å². The number of fused-ring (bicyclic) bond motifs is 1. The van der Waals surface area contributed by atoms with Crippen LogP contribution in [-0.4, -0.2) is 23.1 Å². The van der Waals surface area contributed by atoms with Crippen molar-refractivity contribution in [2.24, 2.45) is 0 Å². The van der Waals surface area contributed by atoms with Gasteiger partial charge in [0, 0.05) is 16.1 Å². The normalized spacial score (nSPS) is 10.8. The number of nitrogens with one attached hydrogen (secondary N) is 1. The molecule has 1 N–H and O–H groups in total. The summed E-state index contributed by atoms with van der Waals surface area (Å²) < 4.78 is 6.76. The molecule has 0 aliphatic rings. The van der Waals surface area contributed by atoms with Crippen molar-refractivity contribution >= 4 is 50.7 Å². The summed E-state index contributed by atoms with van der Waals surface area (Å²) in [7, 11) is 0. The van der Waals surface area contributed by atoms with Crippen molar-refractivity contribution in [3.63, 3.8) is 0 Å². The molecule has 0 aliphatic carbocycles. The molecule has 3 rings (SSSR count). The van der Waals surface area contributed by atoms with Crippen molar-refractivity contribution in [3.05, 3.63) is 52.5 Å². The minimum Gasteiger partial charge on any atom is -0.461 e. The third-order valence-electron chi connectivity index (χ3n) is 3.42. The predicted octanol–water partition coefficient (Wildman–Crippen LogP) is 4.17. The Bertz CT molecular complexity index is 883. The van der Waals surface area contributed by atoms with Gasteiger partial charge in [-0.3, -0.25) is 4.79 Å². The van der Waals surface area contributed by atoms with E-state index < -0.39 is 5.97 Å². The summed E-state index contributed by atoms with van der Waals surface area (Å²) in [5.74, 6) is -0.658. The van der Waals surface area contributed by atoms with E-state index in [1.165, 1.54) is 11.3 Å². The monoisotopic (exact) mass is 362 g/mol. The van der Waals surface area contributed by atoms with Gasteiger partial charge in [0.1, 0.15) is 17.1 Å². The van der Waals surface area contributed by atoms with Gasteiger partial charge in [-0.1, -0.05) is 11.6 Å². The molecule has 0 saturated heterocycles. The van der Waals surface area contributed by atoms with Gasteiger partial charge >= 0.3 is 5.97 Å². The molecule has 0 aliphatic heterocycles. The third-order valence-corrected chi connectivity index (χ3v) is 4.62. The molecule has 124 valence electrons. The zero-order chi connectivity index (χ0) is 17.1. The number of hydrogen-bond donors (Lipinski definition) is 1. The summed E-state index contributed by atoms with van der Waals surface area (Å²) in [4.78, 5) is 25.3. The minimum atomic E-state index is -0.430. The number of carbonyl (C=O) groups is 2. The van der Waals surface area contributed by atoms with E-state index in [4.69, 9.17) is 16.3 Å². The van der Waals surface area contributed by atoms with Gasteiger partial charge in [-0.05, 0) is 48.7 Å². The number of benzene rings is 1. The maximum Gasteiger partial charge on any atom is 0.355 e. The van der Waals surface area contributed by atoms with Crippen molar-refractivity contribution in [1.82, 2.24) is 4.57 Å². The Morgan fingerprint density at radius 3 is 2.71 bits per heavy atom. The van der Waals surface area contributed by atoms with Crippen LogP contribution in [0.4, 0.5) is 5.69 Å². The molecule has 1 aromatic carbocycles. The van der Waals surface area contributed by atoms with Crippen LogP contribution < -0.4 is 5.32 Å². The average Bonchev–Trinajstić information content (AvgIpc) is 3.12. The molecule has 0 fully saturated rings. The number of amides is 1. The standard InChI is InChI=1S/C17H15ClN2O3S/c1-2-23-17(22)14-9-11-7-8-24-16(11)20(14)10-15(21)19-13-5-3-12(18)4-6-13/h3-9H,2,10H2,1H3,(H,19,21). The summed E-state index contributed by atoms with van der Waals surface area (Å²) in [6, 6.07) is 10.5. The predicted molar refractivity (Wildman–Crippen MR) is 95.9 cm³/mol. The lowest BCUT2D eigenvalue weighted by Crippen LogP contribution is -2.21. The Balaban J connectivity index is 1.83. The molecule has 2 heterocycles. The topological polar surface area (TPSA) is 60.3 Å². The highest BCUT2D eigenvalue weighted by Crippen LogP contribution is 2.26. The smallest absolute Gasteiger partial charge is 0.355 e. The Kier molecular flexibility index (Phi) is 4.87. The number of hydrogen-bond acceptors (Lipinski definition) is 4. The van der Waals surface area contributed by atoms with Crippen LogP contribution in [0.5, 0.6) is 0 Å². The van der Waals surface area contributed by atoms with E-state index in [1.54, 1.807) is 41.8 Å². The van der Waals surface area contributed by atoms with Gasteiger partial charge in [0.05, 0.1) is 6.61 Å². The lowest BCUT2D eigenvalue weighted by atomic mass is 10.3. The molecule has 1 amide bonds. The summed E-state index contributed by atoms with van der Waals surface area (Å²) in [6.07, 6.45) is 0. The second kappa shape index (κ2) is 7.07. The first-order valence-corrected chi connectivity index (χ1v) is 8.63. The molecule has 0 radical (unpaired) electrons. The van der Waals surface area contributed by atoms with Gasteiger partial charge in [-0.15, -0.1) is 11.3 Å². The SMILES string of the molecule is CCOC(=O)c1cc2ccsc2n1CC(=O)Nc1ccc(Cl)cc1. The Hall–Kier alpha value is -2.31. The number of carbonyl (C=O) groups excluding carboxylic acids is 2. The number of thiophene rings is 1. The maximum absolute atomic E-state index is 12.4. The molecular weight excluding hydrogens is 348 g/mol.